The summed E-state index contributed by atoms with van der Waals surface area (Å²) in [4.78, 5) is 24.8. The van der Waals surface area contributed by atoms with E-state index in [-0.39, 0.29) is 11.9 Å². The van der Waals surface area contributed by atoms with Gasteiger partial charge in [0.05, 0.1) is 11.7 Å². The molecule has 7 nitrogen and oxygen atoms in total. The second-order valence-corrected chi connectivity index (χ2v) is 4.80. The van der Waals surface area contributed by atoms with E-state index in [2.05, 4.69) is 17.0 Å². The van der Waals surface area contributed by atoms with Gasteiger partial charge in [0.1, 0.15) is 11.4 Å². The van der Waals surface area contributed by atoms with Gasteiger partial charge in [0.15, 0.2) is 0 Å². The molecule has 1 fully saturated rings. The fourth-order valence-electron chi connectivity index (χ4n) is 2.62. The average molecular weight is 277 g/mol. The molecular formula is C13H19N5O2. The van der Waals surface area contributed by atoms with Crippen LogP contribution in [0.1, 0.15) is 28.5 Å². The summed E-state index contributed by atoms with van der Waals surface area (Å²) >= 11 is 0. The highest BCUT2D eigenvalue weighted by Crippen LogP contribution is 2.28. The molecule has 3 N–H and O–H groups in total. The number of nitrogens with two attached hydrogens (primary N) is 1. The van der Waals surface area contributed by atoms with E-state index in [1.807, 2.05) is 0 Å². The number of likely N-dealkylation sites (tertiary alicyclic amines) is 1. The summed E-state index contributed by atoms with van der Waals surface area (Å²) in [6.45, 7) is 6.45. The molecule has 0 saturated carbocycles. The van der Waals surface area contributed by atoms with Gasteiger partial charge < -0.3 is 16.0 Å². The van der Waals surface area contributed by atoms with Gasteiger partial charge >= 0.3 is 0 Å². The molecule has 108 valence electrons. The van der Waals surface area contributed by atoms with Crippen LogP contribution in [0.15, 0.2) is 12.7 Å². The SMILES string of the molecule is C=CC(=O)N1CC[C@H](n2nc(C)c(C(N)=O)c2NC)C1. The number of hydrogen-bond acceptors (Lipinski definition) is 4. The number of hydrogen-bond donors (Lipinski definition) is 2. The van der Waals surface area contributed by atoms with Crippen LogP contribution >= 0.6 is 0 Å². The first-order chi connectivity index (χ1) is 9.49. The Balaban J connectivity index is 2.31. The van der Waals surface area contributed by atoms with Crippen LogP contribution in [-0.2, 0) is 4.79 Å². The molecule has 0 aliphatic carbocycles. The number of primary amides is 1. The van der Waals surface area contributed by atoms with Crippen molar-refractivity contribution in [3.63, 3.8) is 0 Å². The summed E-state index contributed by atoms with van der Waals surface area (Å²) in [5.74, 6) is 0.0144. The maximum Gasteiger partial charge on any atom is 0.254 e. The molecule has 0 unspecified atom stereocenters. The highest BCUT2D eigenvalue weighted by Gasteiger charge is 2.30. The second-order valence-electron chi connectivity index (χ2n) is 4.80. The Labute approximate surface area is 117 Å². The Bertz CT molecular complexity index is 563. The molecule has 0 radical (unpaired) electrons. The van der Waals surface area contributed by atoms with Crippen LogP contribution in [0.2, 0.25) is 0 Å². The number of nitrogens with one attached hydrogen (secondary N) is 1. The highest BCUT2D eigenvalue weighted by molar-refractivity contribution is 5.98. The lowest BCUT2D eigenvalue weighted by Crippen LogP contribution is -2.27. The molecule has 1 aromatic heterocycles. The average Bonchev–Trinajstić information content (AvgIpc) is 3.01. The molecule has 20 heavy (non-hydrogen) atoms. The van der Waals surface area contributed by atoms with Crippen molar-refractivity contribution in [2.24, 2.45) is 5.73 Å². The number of aryl methyl sites for hydroxylation is 1. The van der Waals surface area contributed by atoms with Gasteiger partial charge in [-0.25, -0.2) is 4.68 Å². The minimum atomic E-state index is -0.505. The number of carbonyl (C=O) groups is 2. The predicted molar refractivity (Wildman–Crippen MR) is 75.5 cm³/mol. The van der Waals surface area contributed by atoms with E-state index in [0.29, 0.717) is 30.2 Å². The van der Waals surface area contributed by atoms with Crippen LogP contribution < -0.4 is 11.1 Å². The lowest BCUT2D eigenvalue weighted by atomic mass is 10.2. The quantitative estimate of drug-likeness (QED) is 0.774. The van der Waals surface area contributed by atoms with E-state index >= 15 is 0 Å². The Kier molecular flexibility index (Phi) is 3.78. The number of anilines is 1. The number of carbonyl (C=O) groups excluding carboxylic acids is 2. The highest BCUT2D eigenvalue weighted by atomic mass is 16.2. The van der Waals surface area contributed by atoms with Crippen LogP contribution in [0.5, 0.6) is 0 Å². The zero-order valence-electron chi connectivity index (χ0n) is 11.7. The number of nitrogens with zero attached hydrogens (tertiary/aromatic N) is 3. The Morgan fingerprint density at radius 2 is 2.25 bits per heavy atom. The van der Waals surface area contributed by atoms with E-state index in [1.165, 1.54) is 6.08 Å². The minimum Gasteiger partial charge on any atom is -0.373 e. The van der Waals surface area contributed by atoms with Crippen molar-refractivity contribution < 1.29 is 9.59 Å². The third kappa shape index (κ3) is 2.26. The van der Waals surface area contributed by atoms with Crippen LogP contribution in [-0.4, -0.2) is 46.6 Å². The van der Waals surface area contributed by atoms with Crippen molar-refractivity contribution in [1.29, 1.82) is 0 Å². The molecule has 1 aliphatic heterocycles. The molecule has 2 amide bonds. The van der Waals surface area contributed by atoms with Crippen molar-refractivity contribution in [2.75, 3.05) is 25.5 Å². The molecule has 1 atom stereocenters. The summed E-state index contributed by atoms with van der Waals surface area (Å²) in [5, 5.41) is 7.37. The molecule has 0 spiro atoms. The Hall–Kier alpha value is -2.31. The number of aromatic nitrogens is 2. The topological polar surface area (TPSA) is 93.2 Å². The lowest BCUT2D eigenvalue weighted by Gasteiger charge is -2.16. The standard InChI is InChI=1S/C13H19N5O2/c1-4-10(19)17-6-5-9(7-17)18-13(15-3)11(12(14)20)8(2)16-18/h4,9,15H,1,5-7H2,2-3H3,(H2,14,20)/t9-/m0/s1. The summed E-state index contributed by atoms with van der Waals surface area (Å²) in [7, 11) is 1.72. The van der Waals surface area contributed by atoms with Gasteiger partial charge in [0, 0.05) is 20.1 Å². The number of amides is 2. The normalized spacial score (nSPS) is 18.1. The molecular weight excluding hydrogens is 258 g/mol. The maximum atomic E-state index is 11.6. The molecule has 7 heteroatoms. The van der Waals surface area contributed by atoms with E-state index in [9.17, 15) is 9.59 Å². The van der Waals surface area contributed by atoms with E-state index in [1.54, 1.807) is 23.6 Å². The van der Waals surface area contributed by atoms with Crippen molar-refractivity contribution in [1.82, 2.24) is 14.7 Å². The molecule has 1 saturated heterocycles. The first-order valence-corrected chi connectivity index (χ1v) is 6.47. The van der Waals surface area contributed by atoms with Crippen LogP contribution in [0.3, 0.4) is 0 Å². The van der Waals surface area contributed by atoms with E-state index in [0.717, 1.165) is 6.42 Å². The van der Waals surface area contributed by atoms with Crippen molar-refractivity contribution in [3.05, 3.63) is 23.9 Å². The fraction of sp³-hybridized carbons (Fsp3) is 0.462. The molecule has 2 rings (SSSR count). The van der Waals surface area contributed by atoms with Gasteiger partial charge in [0.2, 0.25) is 5.91 Å². The Morgan fingerprint density at radius 3 is 2.80 bits per heavy atom. The molecule has 2 heterocycles. The zero-order chi connectivity index (χ0) is 14.9. The van der Waals surface area contributed by atoms with Crippen molar-refractivity contribution in [3.8, 4) is 0 Å². The van der Waals surface area contributed by atoms with Crippen LogP contribution in [0, 0.1) is 6.92 Å². The van der Waals surface area contributed by atoms with Gasteiger partial charge in [-0.2, -0.15) is 5.10 Å². The summed E-state index contributed by atoms with van der Waals surface area (Å²) in [6, 6.07) is 0.0353. The minimum absolute atomic E-state index is 0.0353. The predicted octanol–water partition coefficient (Wildman–Crippen LogP) is 0.292. The van der Waals surface area contributed by atoms with Crippen LogP contribution in [0.4, 0.5) is 5.82 Å². The molecule has 1 aliphatic rings. The summed E-state index contributed by atoms with van der Waals surface area (Å²) < 4.78 is 1.76. The molecule has 1 aromatic rings. The lowest BCUT2D eigenvalue weighted by molar-refractivity contribution is -0.125. The Morgan fingerprint density at radius 1 is 1.55 bits per heavy atom. The van der Waals surface area contributed by atoms with Gasteiger partial charge in [-0.1, -0.05) is 6.58 Å². The van der Waals surface area contributed by atoms with Gasteiger partial charge in [-0.05, 0) is 19.4 Å². The first kappa shape index (κ1) is 14.1. The summed E-state index contributed by atoms with van der Waals surface area (Å²) in [6.07, 6.45) is 2.10. The maximum absolute atomic E-state index is 11.6. The third-order valence-corrected chi connectivity index (χ3v) is 3.56. The smallest absolute Gasteiger partial charge is 0.254 e. The van der Waals surface area contributed by atoms with E-state index < -0.39 is 5.91 Å². The van der Waals surface area contributed by atoms with Crippen molar-refractivity contribution >= 4 is 17.6 Å². The molecule has 0 bridgehead atoms. The van der Waals surface area contributed by atoms with E-state index in [4.69, 9.17) is 5.73 Å². The molecule has 0 aromatic carbocycles. The largest absolute Gasteiger partial charge is 0.373 e. The monoisotopic (exact) mass is 277 g/mol. The summed E-state index contributed by atoms with van der Waals surface area (Å²) in [5.41, 5.74) is 6.39. The van der Waals surface area contributed by atoms with Crippen LogP contribution in [0.25, 0.3) is 0 Å². The number of rotatable bonds is 4. The van der Waals surface area contributed by atoms with Gasteiger partial charge in [-0.15, -0.1) is 0 Å². The van der Waals surface area contributed by atoms with Gasteiger partial charge in [0.25, 0.3) is 5.91 Å². The van der Waals surface area contributed by atoms with Crippen molar-refractivity contribution in [2.45, 2.75) is 19.4 Å². The fourth-order valence-corrected chi connectivity index (χ4v) is 2.62. The van der Waals surface area contributed by atoms with Gasteiger partial charge in [-0.3, -0.25) is 9.59 Å². The third-order valence-electron chi connectivity index (χ3n) is 3.56. The zero-order valence-corrected chi connectivity index (χ0v) is 11.7. The second kappa shape index (κ2) is 5.36. The first-order valence-electron chi connectivity index (χ1n) is 6.47.